The van der Waals surface area contributed by atoms with Gasteiger partial charge in [-0.3, -0.25) is 14.6 Å². The van der Waals surface area contributed by atoms with Crippen LogP contribution < -0.4 is 5.43 Å². The first-order chi connectivity index (χ1) is 9.75. The van der Waals surface area contributed by atoms with Crippen molar-refractivity contribution in [1.29, 1.82) is 0 Å². The Morgan fingerprint density at radius 2 is 2.15 bits per heavy atom. The summed E-state index contributed by atoms with van der Waals surface area (Å²) in [5.74, 6) is -0.221. The number of aromatic nitrogens is 1. The molecule has 0 aromatic carbocycles. The second-order valence-corrected chi connectivity index (χ2v) is 4.70. The van der Waals surface area contributed by atoms with Gasteiger partial charge in [0.15, 0.2) is 0 Å². The Labute approximate surface area is 117 Å². The summed E-state index contributed by atoms with van der Waals surface area (Å²) in [6, 6.07) is 3.57. The van der Waals surface area contributed by atoms with Gasteiger partial charge in [-0.2, -0.15) is 5.10 Å². The SMILES string of the molecule is O=C(CN1CCCCCC1=O)N/N=C\c1ccncc1. The molecule has 1 N–H and O–H groups in total. The molecular weight excluding hydrogens is 256 g/mol. The maximum absolute atomic E-state index is 11.7. The number of likely N-dealkylation sites (tertiary alicyclic amines) is 1. The quantitative estimate of drug-likeness (QED) is 0.655. The Kier molecular flexibility index (Phi) is 5.23. The molecular formula is C14H18N4O2. The summed E-state index contributed by atoms with van der Waals surface area (Å²) < 4.78 is 0. The summed E-state index contributed by atoms with van der Waals surface area (Å²) in [7, 11) is 0. The van der Waals surface area contributed by atoms with Crippen LogP contribution in [-0.2, 0) is 9.59 Å². The largest absolute Gasteiger partial charge is 0.333 e. The van der Waals surface area contributed by atoms with E-state index in [0.29, 0.717) is 13.0 Å². The molecule has 6 heteroatoms. The highest BCUT2D eigenvalue weighted by Crippen LogP contribution is 2.10. The molecule has 1 aromatic heterocycles. The van der Waals surface area contributed by atoms with E-state index in [1.807, 2.05) is 0 Å². The van der Waals surface area contributed by atoms with Gasteiger partial charge in [0.05, 0.1) is 6.21 Å². The minimum absolute atomic E-state index is 0.0516. The van der Waals surface area contributed by atoms with Crippen molar-refractivity contribution in [3.63, 3.8) is 0 Å². The minimum Gasteiger partial charge on any atom is -0.333 e. The monoisotopic (exact) mass is 274 g/mol. The Balaban J connectivity index is 1.80. The van der Waals surface area contributed by atoms with Crippen LogP contribution in [0.1, 0.15) is 31.2 Å². The molecule has 1 aliphatic rings. The zero-order valence-corrected chi connectivity index (χ0v) is 11.3. The fraction of sp³-hybridized carbons (Fsp3) is 0.429. The van der Waals surface area contributed by atoms with Gasteiger partial charge in [-0.05, 0) is 30.5 Å². The van der Waals surface area contributed by atoms with Gasteiger partial charge in [0.2, 0.25) is 5.91 Å². The van der Waals surface area contributed by atoms with E-state index in [1.165, 1.54) is 0 Å². The van der Waals surface area contributed by atoms with Crippen LogP contribution in [0.2, 0.25) is 0 Å². The molecule has 2 heterocycles. The number of nitrogens with one attached hydrogen (secondary N) is 1. The number of amides is 2. The van der Waals surface area contributed by atoms with Crippen LogP contribution >= 0.6 is 0 Å². The van der Waals surface area contributed by atoms with Crippen molar-refractivity contribution in [3.8, 4) is 0 Å². The molecule has 0 radical (unpaired) electrons. The lowest BCUT2D eigenvalue weighted by Gasteiger charge is -2.18. The maximum Gasteiger partial charge on any atom is 0.259 e. The molecule has 0 saturated carbocycles. The molecule has 1 aliphatic heterocycles. The van der Waals surface area contributed by atoms with Crippen molar-refractivity contribution in [1.82, 2.24) is 15.3 Å². The van der Waals surface area contributed by atoms with Crippen molar-refractivity contribution in [2.24, 2.45) is 5.10 Å². The fourth-order valence-corrected chi connectivity index (χ4v) is 2.04. The zero-order valence-electron chi connectivity index (χ0n) is 11.3. The number of carbonyl (C=O) groups is 2. The molecule has 0 aliphatic carbocycles. The van der Waals surface area contributed by atoms with E-state index < -0.39 is 0 Å². The lowest BCUT2D eigenvalue weighted by Crippen LogP contribution is -2.39. The highest BCUT2D eigenvalue weighted by molar-refractivity contribution is 5.86. The summed E-state index contributed by atoms with van der Waals surface area (Å²) in [4.78, 5) is 29.0. The summed E-state index contributed by atoms with van der Waals surface area (Å²) in [6.45, 7) is 0.729. The normalized spacial score (nSPS) is 16.2. The topological polar surface area (TPSA) is 74.7 Å². The summed E-state index contributed by atoms with van der Waals surface area (Å²) in [5, 5.41) is 3.87. The van der Waals surface area contributed by atoms with E-state index in [0.717, 1.165) is 24.8 Å². The molecule has 0 atom stereocenters. The molecule has 1 aromatic rings. The lowest BCUT2D eigenvalue weighted by molar-refractivity contribution is -0.135. The van der Waals surface area contributed by atoms with Crippen LogP contribution in [0.4, 0.5) is 0 Å². The second kappa shape index (κ2) is 7.37. The summed E-state index contributed by atoms with van der Waals surface area (Å²) in [5.41, 5.74) is 3.29. The van der Waals surface area contributed by atoms with Gasteiger partial charge < -0.3 is 4.90 Å². The number of rotatable bonds is 4. The molecule has 6 nitrogen and oxygen atoms in total. The summed E-state index contributed by atoms with van der Waals surface area (Å²) >= 11 is 0. The average Bonchev–Trinajstić information content (AvgIpc) is 2.65. The van der Waals surface area contributed by atoms with Crippen LogP contribution in [-0.4, -0.2) is 41.0 Å². The van der Waals surface area contributed by atoms with Crippen molar-refractivity contribution in [3.05, 3.63) is 30.1 Å². The van der Waals surface area contributed by atoms with Gasteiger partial charge in [0.25, 0.3) is 5.91 Å². The van der Waals surface area contributed by atoms with E-state index in [9.17, 15) is 9.59 Å². The van der Waals surface area contributed by atoms with E-state index in [2.05, 4.69) is 15.5 Å². The molecule has 1 fully saturated rings. The minimum atomic E-state index is -0.273. The molecule has 0 unspecified atom stereocenters. The third kappa shape index (κ3) is 4.46. The van der Waals surface area contributed by atoms with Crippen molar-refractivity contribution in [2.75, 3.05) is 13.1 Å². The first-order valence-corrected chi connectivity index (χ1v) is 6.75. The zero-order chi connectivity index (χ0) is 14.2. The standard InChI is InChI=1S/C14H18N4O2/c19-13(11-18-9-3-1-2-4-14(18)20)17-16-10-12-5-7-15-8-6-12/h5-8,10H,1-4,9,11H2,(H,17,19)/b16-10-. The molecule has 20 heavy (non-hydrogen) atoms. The Morgan fingerprint density at radius 3 is 2.95 bits per heavy atom. The van der Waals surface area contributed by atoms with Gasteiger partial charge in [-0.25, -0.2) is 5.43 Å². The summed E-state index contributed by atoms with van der Waals surface area (Å²) in [6.07, 6.45) is 8.30. The molecule has 1 saturated heterocycles. The van der Waals surface area contributed by atoms with E-state index in [4.69, 9.17) is 0 Å². The Hall–Kier alpha value is -2.24. The maximum atomic E-state index is 11.7. The Bertz CT molecular complexity index is 487. The second-order valence-electron chi connectivity index (χ2n) is 4.70. The van der Waals surface area contributed by atoms with E-state index in [1.54, 1.807) is 35.6 Å². The number of nitrogens with zero attached hydrogens (tertiary/aromatic N) is 3. The first-order valence-electron chi connectivity index (χ1n) is 6.75. The molecule has 2 rings (SSSR count). The number of carbonyl (C=O) groups excluding carboxylic acids is 2. The van der Waals surface area contributed by atoms with Crippen molar-refractivity contribution >= 4 is 18.0 Å². The van der Waals surface area contributed by atoms with Crippen LogP contribution in [0.25, 0.3) is 0 Å². The van der Waals surface area contributed by atoms with Crippen LogP contribution in [0.5, 0.6) is 0 Å². The highest BCUT2D eigenvalue weighted by Gasteiger charge is 2.18. The molecule has 2 amide bonds. The van der Waals surface area contributed by atoms with Crippen molar-refractivity contribution < 1.29 is 9.59 Å². The van der Waals surface area contributed by atoms with E-state index in [-0.39, 0.29) is 18.4 Å². The fourth-order valence-electron chi connectivity index (χ4n) is 2.04. The average molecular weight is 274 g/mol. The lowest BCUT2D eigenvalue weighted by atomic mass is 10.2. The van der Waals surface area contributed by atoms with Gasteiger partial charge in [0, 0.05) is 25.4 Å². The van der Waals surface area contributed by atoms with Crippen LogP contribution in [0.3, 0.4) is 0 Å². The molecule has 0 spiro atoms. The van der Waals surface area contributed by atoms with Crippen LogP contribution in [0, 0.1) is 0 Å². The Morgan fingerprint density at radius 1 is 1.35 bits per heavy atom. The third-order valence-electron chi connectivity index (χ3n) is 3.11. The van der Waals surface area contributed by atoms with Crippen LogP contribution in [0.15, 0.2) is 29.6 Å². The van der Waals surface area contributed by atoms with Gasteiger partial charge >= 0.3 is 0 Å². The number of pyridine rings is 1. The van der Waals surface area contributed by atoms with Gasteiger partial charge in [0.1, 0.15) is 6.54 Å². The predicted molar refractivity (Wildman–Crippen MR) is 75.0 cm³/mol. The highest BCUT2D eigenvalue weighted by atomic mass is 16.2. The van der Waals surface area contributed by atoms with Gasteiger partial charge in [-0.15, -0.1) is 0 Å². The number of hydrogen-bond donors (Lipinski definition) is 1. The first kappa shape index (κ1) is 14.2. The number of hydrazone groups is 1. The van der Waals surface area contributed by atoms with Gasteiger partial charge in [-0.1, -0.05) is 6.42 Å². The molecule has 0 bridgehead atoms. The number of hydrogen-bond acceptors (Lipinski definition) is 4. The predicted octanol–water partition coefficient (Wildman–Crippen LogP) is 0.934. The third-order valence-corrected chi connectivity index (χ3v) is 3.11. The van der Waals surface area contributed by atoms with E-state index >= 15 is 0 Å². The van der Waals surface area contributed by atoms with Crippen molar-refractivity contribution in [2.45, 2.75) is 25.7 Å². The smallest absolute Gasteiger partial charge is 0.259 e. The molecule has 106 valence electrons.